The fourth-order valence-corrected chi connectivity index (χ4v) is 4.08. The van der Waals surface area contributed by atoms with Crippen LogP contribution >= 0.6 is 34.8 Å². The second kappa shape index (κ2) is 20.4. The molecule has 0 saturated heterocycles. The first-order valence-corrected chi connectivity index (χ1v) is 15.8. The largest absolute Gasteiger partial charge is 0.490 e. The van der Waals surface area contributed by atoms with Crippen molar-refractivity contribution in [2.45, 2.75) is 53.8 Å². The molecule has 48 heavy (non-hydrogen) atoms. The number of aromatic nitrogens is 4. The third-order valence-electron chi connectivity index (χ3n) is 5.46. The summed E-state index contributed by atoms with van der Waals surface area (Å²) < 4.78 is 20.4. The van der Waals surface area contributed by atoms with Crippen molar-refractivity contribution < 1.29 is 38.6 Å². The van der Waals surface area contributed by atoms with E-state index in [-0.39, 0.29) is 45.4 Å². The molecule has 0 atom stereocenters. The van der Waals surface area contributed by atoms with Gasteiger partial charge in [0.05, 0.1) is 42.2 Å². The number of carbonyl (C=O) groups is 2. The van der Waals surface area contributed by atoms with Crippen LogP contribution in [0.25, 0.3) is 11.3 Å². The lowest BCUT2D eigenvalue weighted by Gasteiger charge is -2.09. The van der Waals surface area contributed by atoms with E-state index in [1.54, 1.807) is 50.4 Å². The number of carbonyl (C=O) groups excluding carboxylic acids is 2. The van der Waals surface area contributed by atoms with Crippen molar-refractivity contribution in [2.75, 3.05) is 13.2 Å². The van der Waals surface area contributed by atoms with E-state index >= 15 is 0 Å². The molecule has 12 nitrogen and oxygen atoms in total. The lowest BCUT2D eigenvalue weighted by atomic mass is 9.82. The Bertz CT molecular complexity index is 1610. The van der Waals surface area contributed by atoms with Crippen LogP contribution in [0.2, 0.25) is 15.5 Å². The Hall–Kier alpha value is -4.01. The van der Waals surface area contributed by atoms with E-state index in [0.717, 1.165) is 5.56 Å². The lowest BCUT2D eigenvalue weighted by molar-refractivity contribution is 0.0516. The molecule has 4 heterocycles. The molecule has 0 aliphatic rings. The van der Waals surface area contributed by atoms with E-state index in [9.17, 15) is 9.59 Å². The minimum absolute atomic E-state index is 0.0611. The van der Waals surface area contributed by atoms with Gasteiger partial charge in [-0.05, 0) is 77.9 Å². The molecule has 256 valence electrons. The monoisotopic (exact) mass is 720 g/mol. The Kier molecular flexibility index (Phi) is 17.1. The van der Waals surface area contributed by atoms with Crippen molar-refractivity contribution in [3.05, 3.63) is 87.5 Å². The van der Waals surface area contributed by atoms with Crippen molar-refractivity contribution in [3.8, 4) is 23.0 Å². The zero-order valence-electron chi connectivity index (χ0n) is 27.2. The van der Waals surface area contributed by atoms with Crippen molar-refractivity contribution in [1.82, 2.24) is 19.9 Å². The number of rotatable bonds is 10. The predicted octanol–water partition coefficient (Wildman–Crippen LogP) is 5.87. The molecule has 0 saturated carbocycles. The van der Waals surface area contributed by atoms with Gasteiger partial charge in [-0.2, -0.15) is 0 Å². The molecule has 0 spiro atoms. The smallest absolute Gasteiger partial charge is 0.475 e. The number of nitrogens with zero attached hydrogens (tertiary/aromatic N) is 4. The second-order valence-electron chi connectivity index (χ2n) is 9.97. The lowest BCUT2D eigenvalue weighted by Crippen LogP contribution is -2.30. The highest BCUT2D eigenvalue weighted by Crippen LogP contribution is 2.23. The highest BCUT2D eigenvalue weighted by atomic mass is 35.5. The van der Waals surface area contributed by atoms with Crippen molar-refractivity contribution in [1.29, 1.82) is 0 Å². The summed E-state index contributed by atoms with van der Waals surface area (Å²) in [7, 11) is -1.47. The molecule has 0 unspecified atom stereocenters. The highest BCUT2D eigenvalue weighted by molar-refractivity contribution is 6.58. The van der Waals surface area contributed by atoms with Gasteiger partial charge >= 0.3 is 19.1 Å². The van der Waals surface area contributed by atoms with E-state index in [1.165, 1.54) is 18.3 Å². The van der Waals surface area contributed by atoms with Gasteiger partial charge in [0.15, 0.2) is 0 Å². The van der Waals surface area contributed by atoms with E-state index in [2.05, 4.69) is 19.9 Å². The van der Waals surface area contributed by atoms with Crippen LogP contribution in [0.4, 0.5) is 0 Å². The van der Waals surface area contributed by atoms with Gasteiger partial charge in [0.2, 0.25) is 11.8 Å². The van der Waals surface area contributed by atoms with Crippen LogP contribution in [0.1, 0.15) is 62.3 Å². The standard InChI is InChI=1S/C16H17ClN2O3.C8H12BNO3.C8H7Cl2NO2/c1-4-21-16(20)12-6-7-13(19-15(12)17)11-5-8-14(18-9-11)22-10(2)3;1-6(2)13-8-4-3-7(5-10-8)9(11)12;1-2-13-8(12)5-3-4-6(9)11-7(5)10/h5-10H,4H2,1-3H3;3-6,11-12H,1-2H3;3-4H,2H2,1H3. The molecule has 0 aromatic carbocycles. The molecule has 4 aromatic heterocycles. The van der Waals surface area contributed by atoms with Gasteiger partial charge in [-0.15, -0.1) is 0 Å². The zero-order valence-corrected chi connectivity index (χ0v) is 29.5. The van der Waals surface area contributed by atoms with E-state index in [0.29, 0.717) is 29.5 Å². The molecule has 0 radical (unpaired) electrons. The van der Waals surface area contributed by atoms with Crippen molar-refractivity contribution in [2.24, 2.45) is 0 Å². The normalized spacial score (nSPS) is 10.3. The highest BCUT2D eigenvalue weighted by Gasteiger charge is 2.15. The molecule has 4 aromatic rings. The number of pyridine rings is 4. The molecule has 0 aliphatic heterocycles. The van der Waals surface area contributed by atoms with Crippen molar-refractivity contribution in [3.63, 3.8) is 0 Å². The summed E-state index contributed by atoms with van der Waals surface area (Å²) in [6.45, 7) is 11.7. The van der Waals surface area contributed by atoms with Crippen LogP contribution in [0, 0.1) is 0 Å². The van der Waals surface area contributed by atoms with Gasteiger partial charge in [-0.3, -0.25) is 0 Å². The Labute approximate surface area is 294 Å². The van der Waals surface area contributed by atoms with E-state index < -0.39 is 19.1 Å². The molecule has 0 bridgehead atoms. The van der Waals surface area contributed by atoms with Gasteiger partial charge in [0.1, 0.15) is 15.5 Å². The summed E-state index contributed by atoms with van der Waals surface area (Å²) in [4.78, 5) is 38.9. The summed E-state index contributed by atoms with van der Waals surface area (Å²) in [5.41, 5.74) is 2.25. The second-order valence-corrected chi connectivity index (χ2v) is 11.1. The summed E-state index contributed by atoms with van der Waals surface area (Å²) in [6.07, 6.45) is 3.16. The third kappa shape index (κ3) is 13.6. The molecular weight excluding hydrogens is 686 g/mol. The van der Waals surface area contributed by atoms with Crippen LogP contribution in [-0.2, 0) is 9.47 Å². The fraction of sp³-hybridized carbons (Fsp3) is 0.312. The minimum atomic E-state index is -1.47. The van der Waals surface area contributed by atoms with Crippen LogP contribution in [0.3, 0.4) is 0 Å². The Morgan fingerprint density at radius 2 is 1.21 bits per heavy atom. The number of ether oxygens (including phenoxy) is 4. The first-order chi connectivity index (χ1) is 22.7. The van der Waals surface area contributed by atoms with E-state index in [4.69, 9.17) is 63.8 Å². The first-order valence-electron chi connectivity index (χ1n) is 14.7. The maximum atomic E-state index is 11.7. The number of halogens is 3. The summed E-state index contributed by atoms with van der Waals surface area (Å²) in [5, 5.41) is 18.0. The average Bonchev–Trinajstić information content (AvgIpc) is 3.02. The summed E-state index contributed by atoms with van der Waals surface area (Å²) >= 11 is 17.3. The Morgan fingerprint density at radius 3 is 1.60 bits per heavy atom. The van der Waals surface area contributed by atoms with Crippen molar-refractivity contribution >= 4 is 59.3 Å². The van der Waals surface area contributed by atoms with Crippen LogP contribution in [0.5, 0.6) is 11.8 Å². The summed E-state index contributed by atoms with van der Waals surface area (Å²) in [5.74, 6) is 0.0643. The number of hydrogen-bond acceptors (Lipinski definition) is 12. The van der Waals surface area contributed by atoms with E-state index in [1.807, 2.05) is 33.8 Å². The Morgan fingerprint density at radius 1 is 0.708 bits per heavy atom. The molecule has 0 fully saturated rings. The Balaban J connectivity index is 0.000000266. The van der Waals surface area contributed by atoms with Gasteiger partial charge in [-0.25, -0.2) is 29.5 Å². The quantitative estimate of drug-likeness (QED) is 0.114. The fourth-order valence-electron chi connectivity index (χ4n) is 3.43. The maximum absolute atomic E-state index is 11.7. The number of hydrogen-bond donors (Lipinski definition) is 2. The van der Waals surface area contributed by atoms with Gasteiger partial charge in [0.25, 0.3) is 0 Å². The molecule has 0 amide bonds. The molecule has 4 rings (SSSR count). The number of esters is 2. The van der Waals surface area contributed by atoms with Gasteiger partial charge < -0.3 is 29.0 Å². The van der Waals surface area contributed by atoms with Gasteiger partial charge in [0, 0.05) is 29.5 Å². The topological polar surface area (TPSA) is 163 Å². The summed E-state index contributed by atoms with van der Waals surface area (Å²) in [6, 6.07) is 13.1. The van der Waals surface area contributed by atoms with Crippen LogP contribution in [0.15, 0.2) is 60.9 Å². The van der Waals surface area contributed by atoms with Crippen LogP contribution < -0.4 is 14.9 Å². The van der Waals surface area contributed by atoms with Gasteiger partial charge in [-0.1, -0.05) is 40.9 Å². The molecule has 2 N–H and O–H groups in total. The predicted molar refractivity (Wildman–Crippen MR) is 184 cm³/mol. The minimum Gasteiger partial charge on any atom is -0.475 e. The molecule has 16 heteroatoms. The average molecular weight is 722 g/mol. The SMILES string of the molecule is CC(C)Oc1ccc(B(O)O)cn1.CCOC(=O)c1ccc(-c2ccc(OC(C)C)nc2)nc1Cl.CCOC(=O)c1ccc(Cl)nc1Cl. The molecular formula is C32H36BCl3N4O8. The molecule has 0 aliphatic carbocycles. The van der Waals surface area contributed by atoms with Crippen LogP contribution in [-0.4, -0.2) is 74.5 Å². The zero-order chi connectivity index (χ0) is 35.8. The first kappa shape index (κ1) is 40.2. The maximum Gasteiger partial charge on any atom is 0.490 e. The third-order valence-corrected chi connectivity index (χ3v) is 6.24.